The van der Waals surface area contributed by atoms with Gasteiger partial charge < -0.3 is 18.9 Å². The van der Waals surface area contributed by atoms with Gasteiger partial charge in [-0.05, 0) is 30.7 Å². The summed E-state index contributed by atoms with van der Waals surface area (Å²) in [5.74, 6) is 0.508. The molecule has 1 aromatic carbocycles. The Morgan fingerprint density at radius 3 is 2.19 bits per heavy atom. The van der Waals surface area contributed by atoms with Gasteiger partial charge in [-0.3, -0.25) is 9.69 Å². The molecular weight excluding hydrogens is 378 g/mol. The van der Waals surface area contributed by atoms with Gasteiger partial charge in [0.1, 0.15) is 10.4 Å². The van der Waals surface area contributed by atoms with Crippen molar-refractivity contribution in [3.63, 3.8) is 0 Å². The molecule has 140 valence electrons. The number of amides is 1. The lowest BCUT2D eigenvalue weighted by atomic mass is 10.1. The molecule has 1 saturated heterocycles. The Morgan fingerprint density at radius 1 is 1.15 bits per heavy atom. The summed E-state index contributed by atoms with van der Waals surface area (Å²) in [6, 6.07) is 2.65. The molecule has 0 saturated carbocycles. The third-order valence-corrected chi connectivity index (χ3v) is 5.07. The van der Waals surface area contributed by atoms with E-state index in [4.69, 9.17) is 31.2 Å². The van der Waals surface area contributed by atoms with Crippen molar-refractivity contribution in [2.24, 2.45) is 0 Å². The average molecular weight is 397 g/mol. The second kappa shape index (κ2) is 8.41. The largest absolute Gasteiger partial charge is 0.493 e. The second-order valence-electron chi connectivity index (χ2n) is 5.21. The van der Waals surface area contributed by atoms with E-state index in [9.17, 15) is 9.59 Å². The number of nitrogens with zero attached hydrogens (tertiary/aromatic N) is 1. The van der Waals surface area contributed by atoms with Gasteiger partial charge in [0.05, 0.1) is 33.3 Å². The number of benzene rings is 1. The number of hydrogen-bond donors (Lipinski definition) is 0. The van der Waals surface area contributed by atoms with Crippen molar-refractivity contribution in [3.8, 4) is 17.2 Å². The fraction of sp³-hybridized carbons (Fsp3) is 0.353. The Labute approximate surface area is 161 Å². The van der Waals surface area contributed by atoms with Gasteiger partial charge in [0.2, 0.25) is 5.75 Å². The van der Waals surface area contributed by atoms with Crippen molar-refractivity contribution in [1.29, 1.82) is 0 Å². The number of carbonyl (C=O) groups is 2. The molecule has 0 aliphatic carbocycles. The molecule has 1 aliphatic rings. The summed E-state index contributed by atoms with van der Waals surface area (Å²) in [4.78, 5) is 26.0. The number of ether oxygens (including phenoxy) is 4. The van der Waals surface area contributed by atoms with Gasteiger partial charge in [-0.1, -0.05) is 24.0 Å². The van der Waals surface area contributed by atoms with Crippen LogP contribution in [0.15, 0.2) is 17.0 Å². The predicted molar refractivity (Wildman–Crippen MR) is 103 cm³/mol. The van der Waals surface area contributed by atoms with Crippen LogP contribution in [0.1, 0.15) is 12.5 Å². The van der Waals surface area contributed by atoms with Crippen molar-refractivity contribution >= 4 is 46.3 Å². The lowest BCUT2D eigenvalue weighted by Gasteiger charge is -2.20. The minimum Gasteiger partial charge on any atom is -0.493 e. The lowest BCUT2D eigenvalue weighted by Crippen LogP contribution is -2.42. The van der Waals surface area contributed by atoms with Crippen LogP contribution >= 0.6 is 24.0 Å². The van der Waals surface area contributed by atoms with Gasteiger partial charge >= 0.3 is 5.97 Å². The highest BCUT2D eigenvalue weighted by Gasteiger charge is 2.38. The fourth-order valence-corrected chi connectivity index (χ4v) is 3.84. The standard InChI is InChI=1S/C17H19NO6S2/c1-9(16(20)24-5)18-15(19)13(26-17(18)25)8-10-6-11(21-2)14(23-4)12(7-10)22-3/h6-9H,1-5H3/b13-8-/t9-/m1/s1. The summed E-state index contributed by atoms with van der Waals surface area (Å²) in [5, 5.41) is 0. The number of esters is 1. The second-order valence-corrected chi connectivity index (χ2v) is 6.89. The number of thiocarbonyl (C=S) groups is 1. The Balaban J connectivity index is 2.40. The Bertz CT molecular complexity index is 752. The first-order chi connectivity index (χ1) is 12.4. The SMILES string of the molecule is COC(=O)[C@@H](C)N1C(=O)/C(=C/c2cc(OC)c(OC)c(OC)c2)SC1=S. The van der Waals surface area contributed by atoms with E-state index in [0.717, 1.165) is 11.8 Å². The molecule has 0 unspecified atom stereocenters. The van der Waals surface area contributed by atoms with Crippen LogP contribution in [0.3, 0.4) is 0 Å². The van der Waals surface area contributed by atoms with Crippen LogP contribution in [-0.4, -0.2) is 55.6 Å². The maximum Gasteiger partial charge on any atom is 0.328 e. The lowest BCUT2D eigenvalue weighted by molar-refractivity contribution is -0.147. The minimum atomic E-state index is -0.793. The van der Waals surface area contributed by atoms with Crippen LogP contribution in [-0.2, 0) is 14.3 Å². The van der Waals surface area contributed by atoms with E-state index in [1.165, 1.54) is 33.3 Å². The monoisotopic (exact) mass is 397 g/mol. The zero-order chi connectivity index (χ0) is 19.4. The maximum atomic E-state index is 12.7. The third kappa shape index (κ3) is 3.78. The van der Waals surface area contributed by atoms with Gasteiger partial charge in [-0.15, -0.1) is 0 Å². The Morgan fingerprint density at radius 2 is 1.73 bits per heavy atom. The molecule has 0 N–H and O–H groups in total. The molecular formula is C17H19NO6S2. The van der Waals surface area contributed by atoms with Gasteiger partial charge in [-0.2, -0.15) is 0 Å². The molecule has 1 aliphatic heterocycles. The summed E-state index contributed by atoms with van der Waals surface area (Å²) >= 11 is 6.36. The van der Waals surface area contributed by atoms with E-state index in [1.807, 2.05) is 0 Å². The molecule has 0 radical (unpaired) electrons. The summed E-state index contributed by atoms with van der Waals surface area (Å²) in [6.07, 6.45) is 1.66. The zero-order valence-electron chi connectivity index (χ0n) is 15.0. The van der Waals surface area contributed by atoms with Crippen LogP contribution in [0.5, 0.6) is 17.2 Å². The van der Waals surface area contributed by atoms with Crippen molar-refractivity contribution in [1.82, 2.24) is 4.90 Å². The van der Waals surface area contributed by atoms with Crippen molar-refractivity contribution < 1.29 is 28.5 Å². The number of hydrogen-bond acceptors (Lipinski definition) is 8. The zero-order valence-corrected chi connectivity index (χ0v) is 16.7. The van der Waals surface area contributed by atoms with E-state index in [0.29, 0.717) is 32.0 Å². The highest BCUT2D eigenvalue weighted by atomic mass is 32.2. The number of carbonyl (C=O) groups excluding carboxylic acids is 2. The van der Waals surface area contributed by atoms with Crippen LogP contribution in [0.25, 0.3) is 6.08 Å². The first kappa shape index (κ1) is 20.1. The summed E-state index contributed by atoms with van der Waals surface area (Å²) in [6.45, 7) is 1.57. The van der Waals surface area contributed by atoms with Crippen LogP contribution in [0.2, 0.25) is 0 Å². The third-order valence-electron chi connectivity index (χ3n) is 3.74. The van der Waals surface area contributed by atoms with Crippen LogP contribution in [0.4, 0.5) is 0 Å². The predicted octanol–water partition coefficient (Wildman–Crippen LogP) is 2.48. The van der Waals surface area contributed by atoms with E-state index in [2.05, 4.69) is 0 Å². The van der Waals surface area contributed by atoms with E-state index < -0.39 is 12.0 Å². The van der Waals surface area contributed by atoms with E-state index in [-0.39, 0.29) is 5.91 Å². The fourth-order valence-electron chi connectivity index (χ4n) is 2.43. The average Bonchev–Trinajstić information content (AvgIpc) is 2.92. The smallest absolute Gasteiger partial charge is 0.328 e. The molecule has 26 heavy (non-hydrogen) atoms. The quantitative estimate of drug-likeness (QED) is 0.412. The van der Waals surface area contributed by atoms with Gasteiger partial charge in [-0.25, -0.2) is 4.79 Å². The summed E-state index contributed by atoms with van der Waals surface area (Å²) < 4.78 is 20.9. The molecule has 1 atom stereocenters. The summed E-state index contributed by atoms with van der Waals surface area (Å²) in [5.41, 5.74) is 0.672. The van der Waals surface area contributed by atoms with Crippen molar-refractivity contribution in [2.75, 3.05) is 28.4 Å². The van der Waals surface area contributed by atoms with Crippen molar-refractivity contribution in [3.05, 3.63) is 22.6 Å². The van der Waals surface area contributed by atoms with Crippen LogP contribution in [0, 0.1) is 0 Å². The number of thioether (sulfide) groups is 1. The molecule has 1 aromatic rings. The maximum absolute atomic E-state index is 12.7. The normalized spacial score (nSPS) is 16.7. The van der Waals surface area contributed by atoms with Gasteiger partial charge in [0, 0.05) is 0 Å². The van der Waals surface area contributed by atoms with E-state index in [1.54, 1.807) is 25.1 Å². The molecule has 2 rings (SSSR count). The molecule has 0 spiro atoms. The first-order valence-corrected chi connectivity index (χ1v) is 8.75. The highest BCUT2D eigenvalue weighted by molar-refractivity contribution is 8.26. The van der Waals surface area contributed by atoms with Crippen molar-refractivity contribution in [2.45, 2.75) is 13.0 Å². The summed E-state index contributed by atoms with van der Waals surface area (Å²) in [7, 11) is 5.80. The molecule has 0 bridgehead atoms. The molecule has 1 amide bonds. The molecule has 1 heterocycles. The Kier molecular flexibility index (Phi) is 6.49. The number of rotatable bonds is 6. The number of methoxy groups -OCH3 is 4. The van der Waals surface area contributed by atoms with Crippen LogP contribution < -0.4 is 14.2 Å². The minimum absolute atomic E-state index is 0.298. The van der Waals surface area contributed by atoms with Gasteiger partial charge in [0.15, 0.2) is 11.5 Å². The van der Waals surface area contributed by atoms with E-state index >= 15 is 0 Å². The van der Waals surface area contributed by atoms with Gasteiger partial charge in [0.25, 0.3) is 5.91 Å². The Hall–Kier alpha value is -2.26. The molecule has 9 heteroatoms. The highest BCUT2D eigenvalue weighted by Crippen LogP contribution is 2.40. The molecule has 1 fully saturated rings. The molecule has 7 nitrogen and oxygen atoms in total. The first-order valence-electron chi connectivity index (χ1n) is 7.52. The molecule has 0 aromatic heterocycles. The topological polar surface area (TPSA) is 74.3 Å².